The lowest BCUT2D eigenvalue weighted by Crippen LogP contribution is -2.43. The van der Waals surface area contributed by atoms with Gasteiger partial charge < -0.3 is 14.6 Å². The molecule has 2 rings (SSSR count). The van der Waals surface area contributed by atoms with Crippen molar-refractivity contribution in [3.8, 4) is 16.9 Å². The van der Waals surface area contributed by atoms with Gasteiger partial charge in [-0.25, -0.2) is 8.78 Å². The number of hydrogen-bond acceptors (Lipinski definition) is 5. The first kappa shape index (κ1) is 38.5. The van der Waals surface area contributed by atoms with E-state index in [1.807, 2.05) is 0 Å². The number of hydrogen-bond donors (Lipinski definition) is 3. The molecule has 0 aromatic heterocycles. The number of halogens is 2. The molecule has 0 saturated heterocycles. The topological polar surface area (TPSA) is 71.0 Å². The summed E-state index contributed by atoms with van der Waals surface area (Å²) in [5.74, 6) is 0.780. The van der Waals surface area contributed by atoms with E-state index < -0.39 is 17.9 Å². The summed E-state index contributed by atoms with van der Waals surface area (Å²) < 4.78 is 35.2. The summed E-state index contributed by atoms with van der Waals surface area (Å²) in [5.41, 5.74) is 3.36. The molecule has 0 amide bonds. The molecule has 0 radical (unpaired) electrons. The van der Waals surface area contributed by atoms with Crippen molar-refractivity contribution in [2.45, 2.75) is 99.0 Å². The van der Waals surface area contributed by atoms with Crippen LogP contribution in [0.3, 0.4) is 0 Å². The van der Waals surface area contributed by atoms with Crippen LogP contribution >= 0.6 is 0 Å². The summed E-state index contributed by atoms with van der Waals surface area (Å²) in [5, 5.41) is 17.5. The van der Waals surface area contributed by atoms with Crippen molar-refractivity contribution >= 4 is 0 Å². The maximum Gasteiger partial charge on any atom is 0.267 e. The highest BCUT2D eigenvalue weighted by Crippen LogP contribution is 2.28. The summed E-state index contributed by atoms with van der Waals surface area (Å²) >= 11 is 0. The van der Waals surface area contributed by atoms with Gasteiger partial charge in [0.05, 0.1) is 6.61 Å². The van der Waals surface area contributed by atoms with E-state index in [1.165, 1.54) is 49.3 Å². The van der Waals surface area contributed by atoms with Gasteiger partial charge in [-0.15, -0.1) is 0 Å². The van der Waals surface area contributed by atoms with Crippen molar-refractivity contribution < 1.29 is 28.6 Å². The molecule has 0 bridgehead atoms. The van der Waals surface area contributed by atoms with Gasteiger partial charge in [-0.3, -0.25) is 10.7 Å². The molecule has 0 fully saturated rings. The Labute approximate surface area is 247 Å². The number of aliphatic hydroxyl groups is 1. The largest absolute Gasteiger partial charge is 0.494 e. The van der Waals surface area contributed by atoms with Crippen LogP contribution in [-0.4, -0.2) is 42.2 Å². The second kappa shape index (κ2) is 22.2. The van der Waals surface area contributed by atoms with Crippen molar-refractivity contribution in [1.29, 1.82) is 0 Å². The summed E-state index contributed by atoms with van der Waals surface area (Å²) in [6, 6.07) is 17.3. The standard InChI is InChI=1S/C20H26O.C7H13F2NO2.C7H16O/c1-4-14-21-20-12-10-19(11-13-20)18-8-6-17(7-9-18)15-16(3)5-2;1-4(5(2)10-12)7(3,11)6(8)9;1-3-5-7-8-6-4-2/h6-13,16H,4-5,14-15H2,1-3H3;4,6,10-12H,2H2,1,3H3;3-7H2,1-2H3. The molecule has 2 aromatic rings. The smallest absolute Gasteiger partial charge is 0.267 e. The Hall–Kier alpha value is -2.48. The van der Waals surface area contributed by atoms with Crippen molar-refractivity contribution in [2.75, 3.05) is 19.8 Å². The van der Waals surface area contributed by atoms with Crippen molar-refractivity contribution in [1.82, 2.24) is 5.48 Å². The zero-order valence-corrected chi connectivity index (χ0v) is 26.4. The van der Waals surface area contributed by atoms with Gasteiger partial charge in [0.25, 0.3) is 6.43 Å². The van der Waals surface area contributed by atoms with Crippen LogP contribution in [0.25, 0.3) is 11.1 Å². The van der Waals surface area contributed by atoms with E-state index in [2.05, 4.69) is 89.7 Å². The molecule has 0 aliphatic rings. The molecule has 5 nitrogen and oxygen atoms in total. The molecule has 2 aromatic carbocycles. The van der Waals surface area contributed by atoms with Crippen LogP contribution in [0.2, 0.25) is 0 Å². The van der Waals surface area contributed by atoms with Gasteiger partial charge in [-0.05, 0) is 67.3 Å². The molecule has 3 N–H and O–H groups in total. The van der Waals surface area contributed by atoms with Crippen LogP contribution in [0.5, 0.6) is 5.75 Å². The molecule has 41 heavy (non-hydrogen) atoms. The molecule has 0 saturated carbocycles. The highest BCUT2D eigenvalue weighted by atomic mass is 19.3. The number of benzene rings is 2. The van der Waals surface area contributed by atoms with Crippen LogP contribution < -0.4 is 10.2 Å². The van der Waals surface area contributed by atoms with Crippen LogP contribution in [0.1, 0.15) is 86.1 Å². The predicted molar refractivity (Wildman–Crippen MR) is 167 cm³/mol. The number of hydroxylamine groups is 1. The average molecular weight is 580 g/mol. The maximum absolute atomic E-state index is 12.2. The quantitative estimate of drug-likeness (QED) is 0.137. The molecule has 0 spiro atoms. The summed E-state index contributed by atoms with van der Waals surface area (Å²) in [7, 11) is 0. The van der Waals surface area contributed by atoms with E-state index in [1.54, 1.807) is 5.48 Å². The van der Waals surface area contributed by atoms with Crippen LogP contribution in [0.4, 0.5) is 8.78 Å². The predicted octanol–water partition coefficient (Wildman–Crippen LogP) is 9.08. The Morgan fingerprint density at radius 3 is 1.85 bits per heavy atom. The van der Waals surface area contributed by atoms with Gasteiger partial charge in [0.1, 0.15) is 11.4 Å². The first-order chi connectivity index (χ1) is 19.5. The molecule has 3 atom stereocenters. The fraction of sp³-hybridized carbons (Fsp3) is 0.588. The first-order valence-electron chi connectivity index (χ1n) is 15.0. The third-order valence-corrected chi connectivity index (χ3v) is 6.87. The Kier molecular flexibility index (Phi) is 20.8. The average Bonchev–Trinajstić information content (AvgIpc) is 2.98. The molecule has 0 heterocycles. The zero-order chi connectivity index (χ0) is 31.3. The lowest BCUT2D eigenvalue weighted by Gasteiger charge is -2.29. The second-order valence-corrected chi connectivity index (χ2v) is 10.6. The zero-order valence-electron chi connectivity index (χ0n) is 26.4. The van der Waals surface area contributed by atoms with Crippen molar-refractivity contribution in [3.63, 3.8) is 0 Å². The van der Waals surface area contributed by atoms with E-state index in [4.69, 9.17) is 14.7 Å². The number of ether oxygens (including phenoxy) is 2. The lowest BCUT2D eigenvalue weighted by atomic mass is 9.89. The van der Waals surface area contributed by atoms with E-state index in [-0.39, 0.29) is 5.70 Å². The summed E-state index contributed by atoms with van der Waals surface area (Å²) in [6.07, 6.45) is 4.16. The Morgan fingerprint density at radius 1 is 0.878 bits per heavy atom. The highest BCUT2D eigenvalue weighted by molar-refractivity contribution is 5.64. The molecular formula is C34H55F2NO4. The highest BCUT2D eigenvalue weighted by Gasteiger charge is 2.39. The maximum atomic E-state index is 12.2. The Balaban J connectivity index is 0.000000677. The van der Waals surface area contributed by atoms with Gasteiger partial charge in [0, 0.05) is 24.8 Å². The van der Waals surface area contributed by atoms with Gasteiger partial charge in [-0.1, -0.05) is 97.4 Å². The summed E-state index contributed by atoms with van der Waals surface area (Å²) in [6.45, 7) is 19.3. The minimum Gasteiger partial charge on any atom is -0.494 e. The Morgan fingerprint density at radius 2 is 1.41 bits per heavy atom. The van der Waals surface area contributed by atoms with E-state index in [0.717, 1.165) is 51.3 Å². The fourth-order valence-electron chi connectivity index (χ4n) is 3.47. The number of rotatable bonds is 16. The van der Waals surface area contributed by atoms with Gasteiger partial charge >= 0.3 is 0 Å². The first-order valence-corrected chi connectivity index (χ1v) is 15.0. The van der Waals surface area contributed by atoms with E-state index in [9.17, 15) is 13.9 Å². The third-order valence-electron chi connectivity index (χ3n) is 6.87. The minimum atomic E-state index is -2.88. The molecule has 3 unspecified atom stereocenters. The number of nitrogens with one attached hydrogen (secondary N) is 1. The van der Waals surface area contributed by atoms with E-state index >= 15 is 0 Å². The van der Waals surface area contributed by atoms with Crippen molar-refractivity contribution in [2.24, 2.45) is 11.8 Å². The molecule has 234 valence electrons. The number of alkyl halides is 2. The molecular weight excluding hydrogens is 524 g/mol. The monoisotopic (exact) mass is 579 g/mol. The van der Waals surface area contributed by atoms with Gasteiger partial charge in [0.15, 0.2) is 0 Å². The van der Waals surface area contributed by atoms with Crippen LogP contribution in [0, 0.1) is 11.8 Å². The van der Waals surface area contributed by atoms with Gasteiger partial charge in [0.2, 0.25) is 0 Å². The second-order valence-electron chi connectivity index (χ2n) is 10.6. The van der Waals surface area contributed by atoms with Crippen LogP contribution in [0.15, 0.2) is 60.8 Å². The SMILES string of the molecule is C=C(NO)C(C)C(C)(O)C(F)F.CCCCOCCC.CCCOc1ccc(-c2ccc(CC(C)CC)cc2)cc1. The fourth-order valence-corrected chi connectivity index (χ4v) is 3.47. The lowest BCUT2D eigenvalue weighted by molar-refractivity contribution is -0.111. The molecule has 7 heteroatoms. The van der Waals surface area contributed by atoms with Crippen molar-refractivity contribution in [3.05, 3.63) is 66.4 Å². The molecule has 0 aliphatic carbocycles. The van der Waals surface area contributed by atoms with Gasteiger partial charge in [-0.2, -0.15) is 0 Å². The normalized spacial score (nSPS) is 13.6. The van der Waals surface area contributed by atoms with Crippen LogP contribution in [-0.2, 0) is 11.2 Å². The summed E-state index contributed by atoms with van der Waals surface area (Å²) in [4.78, 5) is 0. The Bertz CT molecular complexity index is 911. The molecule has 0 aliphatic heterocycles. The minimum absolute atomic E-state index is 0.0414. The number of unbranched alkanes of at least 4 members (excludes halogenated alkanes) is 1. The van der Waals surface area contributed by atoms with E-state index in [0.29, 0.717) is 0 Å². The third kappa shape index (κ3) is 15.9.